The first-order chi connectivity index (χ1) is 9.84. The van der Waals surface area contributed by atoms with Crippen LogP contribution in [0.4, 0.5) is 0 Å². The average molecular weight is 272 g/mol. The van der Waals surface area contributed by atoms with E-state index in [1.54, 1.807) is 0 Å². The Balaban J connectivity index is 0.000000829. The lowest BCUT2D eigenvalue weighted by atomic mass is 10.1. The molecule has 0 aliphatic rings. The Kier molecular flexibility index (Phi) is 11.3. The van der Waals surface area contributed by atoms with Crippen molar-refractivity contribution in [3.63, 3.8) is 0 Å². The van der Waals surface area contributed by atoms with E-state index in [1.165, 1.54) is 11.1 Å². The van der Waals surface area contributed by atoms with E-state index in [1.807, 2.05) is 52.1 Å². The maximum Gasteiger partial charge on any atom is 0.0541 e. The summed E-state index contributed by atoms with van der Waals surface area (Å²) in [7, 11) is 0. The van der Waals surface area contributed by atoms with Crippen LogP contribution in [0.15, 0.2) is 48.7 Å². The molecule has 1 aromatic heterocycles. The number of pyridine rings is 1. The van der Waals surface area contributed by atoms with Gasteiger partial charge in [-0.05, 0) is 24.6 Å². The summed E-state index contributed by atoms with van der Waals surface area (Å²) in [5, 5.41) is 3.37. The number of aryl methyl sites for hydroxylation is 1. The molecule has 2 heteroatoms. The van der Waals surface area contributed by atoms with Crippen LogP contribution >= 0.6 is 0 Å². The Labute approximate surface area is 124 Å². The van der Waals surface area contributed by atoms with Crippen LogP contribution in [0.5, 0.6) is 0 Å². The van der Waals surface area contributed by atoms with E-state index in [4.69, 9.17) is 0 Å². The summed E-state index contributed by atoms with van der Waals surface area (Å²) in [5.74, 6) is 0. The summed E-state index contributed by atoms with van der Waals surface area (Å²) >= 11 is 0. The van der Waals surface area contributed by atoms with Crippen LogP contribution in [0.1, 0.15) is 44.5 Å². The Morgan fingerprint density at radius 1 is 0.850 bits per heavy atom. The number of benzene rings is 1. The Hall–Kier alpha value is -1.67. The first kappa shape index (κ1) is 18.3. The Bertz CT molecular complexity index is 421. The molecule has 2 nitrogen and oxygen atoms in total. The van der Waals surface area contributed by atoms with Gasteiger partial charge in [0, 0.05) is 19.3 Å². The highest BCUT2D eigenvalue weighted by atomic mass is 14.9. The number of aromatic nitrogens is 1. The summed E-state index contributed by atoms with van der Waals surface area (Å²) < 4.78 is 0. The summed E-state index contributed by atoms with van der Waals surface area (Å²) in [4.78, 5) is 4.26. The topological polar surface area (TPSA) is 24.9 Å². The minimum Gasteiger partial charge on any atom is -0.307 e. The van der Waals surface area contributed by atoms with Gasteiger partial charge in [-0.25, -0.2) is 0 Å². The fourth-order valence-corrected chi connectivity index (χ4v) is 1.54. The van der Waals surface area contributed by atoms with Crippen LogP contribution in [-0.2, 0) is 13.1 Å². The number of hydrogen-bond acceptors (Lipinski definition) is 2. The van der Waals surface area contributed by atoms with Gasteiger partial charge in [0.05, 0.1) is 5.69 Å². The fraction of sp³-hybridized carbons (Fsp3) is 0.389. The maximum absolute atomic E-state index is 4.26. The molecule has 0 saturated heterocycles. The van der Waals surface area contributed by atoms with Crippen LogP contribution in [0.3, 0.4) is 0 Å². The molecule has 0 bridgehead atoms. The number of nitrogens with one attached hydrogen (secondary N) is 1. The smallest absolute Gasteiger partial charge is 0.0541 e. The molecule has 110 valence electrons. The molecule has 2 aromatic rings. The van der Waals surface area contributed by atoms with Crippen molar-refractivity contribution in [3.05, 3.63) is 65.5 Å². The standard InChI is InChI=1S/C14H16N2.2C2H6/c1-12-5-7-13(8-6-12)10-15-11-14-4-2-3-9-16-14;2*1-2/h2-9,15H,10-11H2,1H3;2*1-2H3. The van der Waals surface area contributed by atoms with Crippen LogP contribution in [0, 0.1) is 6.92 Å². The summed E-state index contributed by atoms with van der Waals surface area (Å²) in [6, 6.07) is 14.6. The van der Waals surface area contributed by atoms with Gasteiger partial charge in [-0.3, -0.25) is 4.98 Å². The van der Waals surface area contributed by atoms with Crippen molar-refractivity contribution in [3.8, 4) is 0 Å². The van der Waals surface area contributed by atoms with Crippen molar-refractivity contribution in [1.82, 2.24) is 10.3 Å². The predicted octanol–water partition coefficient (Wildman–Crippen LogP) is 4.73. The van der Waals surface area contributed by atoms with E-state index in [0.29, 0.717) is 0 Å². The molecule has 1 aromatic carbocycles. The lowest BCUT2D eigenvalue weighted by Gasteiger charge is -2.04. The molecule has 0 aliphatic carbocycles. The van der Waals surface area contributed by atoms with Crippen molar-refractivity contribution in [2.75, 3.05) is 0 Å². The van der Waals surface area contributed by atoms with E-state index >= 15 is 0 Å². The zero-order valence-electron chi connectivity index (χ0n) is 13.5. The maximum atomic E-state index is 4.26. The Morgan fingerprint density at radius 2 is 1.50 bits per heavy atom. The summed E-state index contributed by atoms with van der Waals surface area (Å²) in [6.07, 6.45) is 1.82. The van der Waals surface area contributed by atoms with Crippen LogP contribution < -0.4 is 5.32 Å². The third-order valence-corrected chi connectivity index (χ3v) is 2.48. The number of nitrogens with zero attached hydrogens (tertiary/aromatic N) is 1. The molecule has 2 rings (SSSR count). The van der Waals surface area contributed by atoms with Crippen LogP contribution in [0.25, 0.3) is 0 Å². The molecule has 0 saturated carbocycles. The highest BCUT2D eigenvalue weighted by Gasteiger charge is 1.94. The zero-order chi connectivity index (χ0) is 15.2. The largest absolute Gasteiger partial charge is 0.307 e. The SMILES string of the molecule is CC.CC.Cc1ccc(CNCc2ccccn2)cc1. The van der Waals surface area contributed by atoms with E-state index < -0.39 is 0 Å². The van der Waals surface area contributed by atoms with Crippen molar-refractivity contribution >= 4 is 0 Å². The van der Waals surface area contributed by atoms with E-state index in [9.17, 15) is 0 Å². The minimum absolute atomic E-state index is 0.814. The second-order valence-electron chi connectivity index (χ2n) is 3.91. The van der Waals surface area contributed by atoms with Gasteiger partial charge in [-0.15, -0.1) is 0 Å². The van der Waals surface area contributed by atoms with Crippen LogP contribution in [0.2, 0.25) is 0 Å². The van der Waals surface area contributed by atoms with Gasteiger partial charge in [0.25, 0.3) is 0 Å². The lowest BCUT2D eigenvalue weighted by molar-refractivity contribution is 0.679. The summed E-state index contributed by atoms with van der Waals surface area (Å²) in [5.41, 5.74) is 3.68. The third-order valence-electron chi connectivity index (χ3n) is 2.48. The molecule has 0 spiro atoms. The molecule has 0 unspecified atom stereocenters. The molecule has 1 N–H and O–H groups in total. The van der Waals surface area contributed by atoms with Gasteiger partial charge in [-0.2, -0.15) is 0 Å². The molecule has 0 atom stereocenters. The molecule has 0 amide bonds. The van der Waals surface area contributed by atoms with E-state index in [0.717, 1.165) is 18.8 Å². The van der Waals surface area contributed by atoms with Crippen LogP contribution in [-0.4, -0.2) is 4.98 Å². The second-order valence-corrected chi connectivity index (χ2v) is 3.91. The average Bonchev–Trinajstić information content (AvgIpc) is 2.54. The first-order valence-electron chi connectivity index (χ1n) is 7.51. The van der Waals surface area contributed by atoms with Crippen molar-refractivity contribution in [2.45, 2.75) is 47.7 Å². The molecule has 0 radical (unpaired) electrons. The zero-order valence-corrected chi connectivity index (χ0v) is 13.5. The number of rotatable bonds is 4. The van der Waals surface area contributed by atoms with Crippen molar-refractivity contribution in [2.24, 2.45) is 0 Å². The minimum atomic E-state index is 0.814. The quantitative estimate of drug-likeness (QED) is 0.870. The van der Waals surface area contributed by atoms with E-state index in [2.05, 4.69) is 41.5 Å². The first-order valence-corrected chi connectivity index (χ1v) is 7.51. The molecule has 20 heavy (non-hydrogen) atoms. The summed E-state index contributed by atoms with van der Waals surface area (Å²) in [6.45, 7) is 11.8. The molecule has 0 fully saturated rings. The van der Waals surface area contributed by atoms with Gasteiger partial charge >= 0.3 is 0 Å². The predicted molar refractivity (Wildman–Crippen MR) is 88.7 cm³/mol. The van der Waals surface area contributed by atoms with Crippen molar-refractivity contribution < 1.29 is 0 Å². The van der Waals surface area contributed by atoms with Gasteiger partial charge < -0.3 is 5.32 Å². The second kappa shape index (κ2) is 12.4. The van der Waals surface area contributed by atoms with Gasteiger partial charge in [0.2, 0.25) is 0 Å². The molecule has 0 aliphatic heterocycles. The fourth-order valence-electron chi connectivity index (χ4n) is 1.54. The highest BCUT2D eigenvalue weighted by Crippen LogP contribution is 2.02. The molecular weight excluding hydrogens is 244 g/mol. The normalized spacial score (nSPS) is 8.85. The van der Waals surface area contributed by atoms with Gasteiger partial charge in [0.1, 0.15) is 0 Å². The molecular formula is C18H28N2. The van der Waals surface area contributed by atoms with Crippen molar-refractivity contribution in [1.29, 1.82) is 0 Å². The lowest BCUT2D eigenvalue weighted by Crippen LogP contribution is -2.13. The molecule has 1 heterocycles. The Morgan fingerprint density at radius 3 is 2.05 bits per heavy atom. The third kappa shape index (κ3) is 7.70. The monoisotopic (exact) mass is 272 g/mol. The highest BCUT2D eigenvalue weighted by molar-refractivity contribution is 5.21. The van der Waals surface area contributed by atoms with E-state index in [-0.39, 0.29) is 0 Å². The van der Waals surface area contributed by atoms with Gasteiger partial charge in [0.15, 0.2) is 0 Å². The number of hydrogen-bond donors (Lipinski definition) is 1. The van der Waals surface area contributed by atoms with Gasteiger partial charge in [-0.1, -0.05) is 63.6 Å².